The summed E-state index contributed by atoms with van der Waals surface area (Å²) in [6.45, 7) is 10.3. The molecule has 0 unspecified atom stereocenters. The molecule has 2 saturated heterocycles. The number of aryl methyl sites for hydroxylation is 1. The molecule has 0 radical (unpaired) electrons. The molecule has 0 saturated carbocycles. The van der Waals surface area contributed by atoms with Gasteiger partial charge in [0.05, 0.1) is 11.6 Å². The van der Waals surface area contributed by atoms with Crippen molar-refractivity contribution in [3.8, 4) is 5.69 Å². The number of amides is 1. The number of benzene rings is 2. The Bertz CT molecular complexity index is 1380. The van der Waals surface area contributed by atoms with Gasteiger partial charge in [0, 0.05) is 60.3 Å². The van der Waals surface area contributed by atoms with Crippen molar-refractivity contribution in [2.24, 2.45) is 5.92 Å². The van der Waals surface area contributed by atoms with E-state index in [1.807, 2.05) is 17.9 Å². The highest BCUT2D eigenvalue weighted by molar-refractivity contribution is 6.30. The predicted octanol–water partition coefficient (Wildman–Crippen LogP) is 6.47. The minimum Gasteiger partial charge on any atom is -0.342 e. The van der Waals surface area contributed by atoms with Gasteiger partial charge in [-0.1, -0.05) is 17.7 Å². The van der Waals surface area contributed by atoms with Crippen molar-refractivity contribution in [1.29, 1.82) is 0 Å². The van der Waals surface area contributed by atoms with Gasteiger partial charge in [-0.25, -0.2) is 17.9 Å². The third-order valence-corrected chi connectivity index (χ3v) is 8.40. The van der Waals surface area contributed by atoms with E-state index in [0.29, 0.717) is 55.3 Å². The van der Waals surface area contributed by atoms with E-state index in [9.17, 15) is 18.0 Å². The van der Waals surface area contributed by atoms with Crippen LogP contribution in [0.25, 0.3) is 5.69 Å². The Morgan fingerprint density at radius 3 is 2.33 bits per heavy atom. The molecule has 2 atom stereocenters. The van der Waals surface area contributed by atoms with Crippen molar-refractivity contribution >= 4 is 17.5 Å². The molecule has 0 spiro atoms. The van der Waals surface area contributed by atoms with E-state index in [2.05, 4.69) is 30.8 Å². The van der Waals surface area contributed by atoms with Gasteiger partial charge in [-0.2, -0.15) is 5.10 Å². The molecule has 2 aliphatic rings. The summed E-state index contributed by atoms with van der Waals surface area (Å²) in [5.74, 6) is -2.34. The molecule has 2 aliphatic heterocycles. The standard InChI is InChI=1S/C30H34ClF3N4O/c1-18-13-28(38(35-18)27-8-5-20(31)14-26(27)34)19-9-11-36(12-10-19)29(39)24-17-37(30(2,3)4)16-23(24)22-7-6-21(32)15-25(22)33/h5-8,13-15,19,23-24H,9-12,16-17H2,1-4H3/t23-,24+/m0/s1. The number of rotatable bonds is 4. The highest BCUT2D eigenvalue weighted by Gasteiger charge is 2.45. The number of nitrogens with zero attached hydrogens (tertiary/aromatic N) is 4. The fraction of sp³-hybridized carbons (Fsp3) is 0.467. The van der Waals surface area contributed by atoms with Crippen LogP contribution in [0.1, 0.15) is 62.4 Å². The molecule has 208 valence electrons. The van der Waals surface area contributed by atoms with E-state index in [1.165, 1.54) is 18.2 Å². The number of hydrogen-bond donors (Lipinski definition) is 0. The molecule has 5 nitrogen and oxygen atoms in total. The molecule has 3 heterocycles. The number of halogens is 4. The smallest absolute Gasteiger partial charge is 0.227 e. The second-order valence-corrected chi connectivity index (χ2v) is 12.2. The van der Waals surface area contributed by atoms with Crippen LogP contribution in [0.4, 0.5) is 13.2 Å². The average molecular weight is 559 g/mol. The van der Waals surface area contributed by atoms with Crippen molar-refractivity contribution < 1.29 is 18.0 Å². The largest absolute Gasteiger partial charge is 0.342 e. The Hall–Kier alpha value is -2.84. The van der Waals surface area contributed by atoms with Crippen LogP contribution in [0.5, 0.6) is 0 Å². The molecule has 39 heavy (non-hydrogen) atoms. The lowest BCUT2D eigenvalue weighted by Gasteiger charge is -2.35. The maximum absolute atomic E-state index is 14.8. The molecular formula is C30H34ClF3N4O. The first-order valence-electron chi connectivity index (χ1n) is 13.4. The van der Waals surface area contributed by atoms with Gasteiger partial charge >= 0.3 is 0 Å². The Kier molecular flexibility index (Phi) is 7.55. The number of likely N-dealkylation sites (tertiary alicyclic amines) is 2. The molecule has 9 heteroatoms. The summed E-state index contributed by atoms with van der Waals surface area (Å²) in [6.07, 6.45) is 1.41. The fourth-order valence-corrected chi connectivity index (χ4v) is 6.16. The second kappa shape index (κ2) is 10.6. The van der Waals surface area contributed by atoms with Gasteiger partial charge in [0.1, 0.15) is 23.1 Å². The van der Waals surface area contributed by atoms with Crippen molar-refractivity contribution in [2.45, 2.75) is 57.9 Å². The molecule has 2 aromatic carbocycles. The molecule has 0 N–H and O–H groups in total. The van der Waals surface area contributed by atoms with Crippen LogP contribution in [0.2, 0.25) is 5.02 Å². The predicted molar refractivity (Wildman–Crippen MR) is 146 cm³/mol. The van der Waals surface area contributed by atoms with Crippen LogP contribution in [-0.2, 0) is 4.79 Å². The Morgan fingerprint density at radius 1 is 0.974 bits per heavy atom. The van der Waals surface area contributed by atoms with Gasteiger partial charge in [0.25, 0.3) is 0 Å². The summed E-state index contributed by atoms with van der Waals surface area (Å²) in [7, 11) is 0. The van der Waals surface area contributed by atoms with Crippen LogP contribution in [0.3, 0.4) is 0 Å². The zero-order chi connectivity index (χ0) is 28.1. The van der Waals surface area contributed by atoms with Gasteiger partial charge in [0.2, 0.25) is 5.91 Å². The van der Waals surface area contributed by atoms with Crippen molar-refractivity contribution in [3.05, 3.63) is 81.9 Å². The lowest BCUT2D eigenvalue weighted by molar-refractivity contribution is -0.136. The molecular weight excluding hydrogens is 525 g/mol. The molecule has 2 fully saturated rings. The Morgan fingerprint density at radius 2 is 1.69 bits per heavy atom. The van der Waals surface area contributed by atoms with E-state index >= 15 is 0 Å². The number of piperidine rings is 1. The topological polar surface area (TPSA) is 41.4 Å². The summed E-state index contributed by atoms with van der Waals surface area (Å²) < 4.78 is 44.9. The van der Waals surface area contributed by atoms with E-state index in [1.54, 1.807) is 16.8 Å². The maximum Gasteiger partial charge on any atom is 0.227 e. The van der Waals surface area contributed by atoms with E-state index in [0.717, 1.165) is 17.5 Å². The third kappa shape index (κ3) is 5.59. The number of carbonyl (C=O) groups excluding carboxylic acids is 1. The molecule has 0 aliphatic carbocycles. The van der Waals surface area contributed by atoms with Gasteiger partial charge in [-0.05, 0) is 76.4 Å². The van der Waals surface area contributed by atoms with Crippen LogP contribution >= 0.6 is 11.6 Å². The first-order chi connectivity index (χ1) is 18.4. The van der Waals surface area contributed by atoms with Crippen molar-refractivity contribution in [1.82, 2.24) is 19.6 Å². The van der Waals surface area contributed by atoms with E-state index < -0.39 is 23.4 Å². The minimum absolute atomic E-state index is 0.00218. The quantitative estimate of drug-likeness (QED) is 0.368. The minimum atomic E-state index is -0.625. The van der Waals surface area contributed by atoms with Crippen molar-refractivity contribution in [3.63, 3.8) is 0 Å². The lowest BCUT2D eigenvalue weighted by atomic mass is 9.86. The highest BCUT2D eigenvalue weighted by Crippen LogP contribution is 2.40. The second-order valence-electron chi connectivity index (χ2n) is 11.8. The zero-order valence-corrected chi connectivity index (χ0v) is 23.5. The number of hydrogen-bond acceptors (Lipinski definition) is 3. The van der Waals surface area contributed by atoms with Crippen LogP contribution in [0, 0.1) is 30.3 Å². The first kappa shape index (κ1) is 27.7. The normalized spacial score (nSPS) is 21.1. The third-order valence-electron chi connectivity index (χ3n) is 8.17. The van der Waals surface area contributed by atoms with Gasteiger partial charge in [0.15, 0.2) is 0 Å². The van der Waals surface area contributed by atoms with Crippen molar-refractivity contribution in [2.75, 3.05) is 26.2 Å². The van der Waals surface area contributed by atoms with E-state index in [4.69, 9.17) is 11.6 Å². The molecule has 3 aromatic rings. The molecule has 1 amide bonds. The van der Waals surface area contributed by atoms with Crippen LogP contribution in [-0.4, -0.2) is 57.2 Å². The summed E-state index contributed by atoms with van der Waals surface area (Å²) in [5, 5.41) is 4.86. The van der Waals surface area contributed by atoms with Gasteiger partial charge in [-0.15, -0.1) is 0 Å². The van der Waals surface area contributed by atoms with Gasteiger partial charge < -0.3 is 4.90 Å². The highest BCUT2D eigenvalue weighted by atomic mass is 35.5. The van der Waals surface area contributed by atoms with Gasteiger partial charge in [-0.3, -0.25) is 9.69 Å². The van der Waals surface area contributed by atoms with E-state index in [-0.39, 0.29) is 23.3 Å². The number of aromatic nitrogens is 2. The Labute approximate surface area is 232 Å². The molecule has 0 bridgehead atoms. The molecule has 1 aromatic heterocycles. The zero-order valence-electron chi connectivity index (χ0n) is 22.7. The summed E-state index contributed by atoms with van der Waals surface area (Å²) in [4.78, 5) is 17.9. The SMILES string of the molecule is Cc1cc(C2CCN(C(=O)[C@@H]3CN(C(C)(C)C)C[C@H]3c3ccc(F)cc3F)CC2)n(-c2ccc(Cl)cc2F)n1. The first-order valence-corrected chi connectivity index (χ1v) is 13.8. The Balaban J connectivity index is 1.34. The average Bonchev–Trinajstić information content (AvgIpc) is 3.48. The summed E-state index contributed by atoms with van der Waals surface area (Å²) in [5.41, 5.74) is 2.24. The number of carbonyl (C=O) groups is 1. The maximum atomic E-state index is 14.8. The monoisotopic (exact) mass is 558 g/mol. The molecule has 5 rings (SSSR count). The van der Waals surface area contributed by atoms with Crippen LogP contribution in [0.15, 0.2) is 42.5 Å². The lowest BCUT2D eigenvalue weighted by Crippen LogP contribution is -2.44. The fourth-order valence-electron chi connectivity index (χ4n) is 6.01. The summed E-state index contributed by atoms with van der Waals surface area (Å²) >= 11 is 5.95. The van der Waals surface area contributed by atoms with Crippen LogP contribution < -0.4 is 0 Å². The summed E-state index contributed by atoms with van der Waals surface area (Å²) in [6, 6.07) is 10.2.